The molecule has 1 aliphatic heterocycles. The monoisotopic (exact) mass is 206 g/mol. The van der Waals surface area contributed by atoms with Crippen molar-refractivity contribution >= 4 is 0 Å². The second-order valence-corrected chi connectivity index (χ2v) is 4.66. The summed E-state index contributed by atoms with van der Waals surface area (Å²) in [5.41, 5.74) is 5.51. The smallest absolute Gasteiger partial charge is 0.103 e. The summed E-state index contributed by atoms with van der Waals surface area (Å²) in [5, 5.41) is 0. The molecule has 15 heavy (non-hydrogen) atoms. The predicted octanol–water partition coefficient (Wildman–Crippen LogP) is -0.277. The first-order valence-corrected chi connectivity index (χ1v) is 6.05. The lowest BCUT2D eigenvalue weighted by Gasteiger charge is -2.28. The van der Waals surface area contributed by atoms with Gasteiger partial charge in [-0.05, 0) is 12.8 Å². The average Bonchev–Trinajstić information content (AvgIpc) is 2.31. The van der Waals surface area contributed by atoms with E-state index in [0.29, 0.717) is 0 Å². The van der Waals surface area contributed by atoms with Gasteiger partial charge in [0.05, 0.1) is 25.6 Å². The van der Waals surface area contributed by atoms with E-state index in [4.69, 9.17) is 0 Å². The number of nitrogens with one attached hydrogen (secondary N) is 1. The number of quaternary nitrogens is 2. The number of hydrogen-bond donors (Lipinski definition) is 2. The van der Waals surface area contributed by atoms with Crippen molar-refractivity contribution < 1.29 is 10.6 Å². The number of likely N-dealkylation sites (tertiary alicyclic amines) is 1. The molecule has 1 aromatic carbocycles. The Balaban J connectivity index is 1.89. The third-order valence-corrected chi connectivity index (χ3v) is 3.43. The first-order chi connectivity index (χ1) is 7.38. The number of piperidine rings is 1. The summed E-state index contributed by atoms with van der Waals surface area (Å²) in [6, 6.07) is 10.8. The second-order valence-electron chi connectivity index (χ2n) is 4.66. The average molecular weight is 206 g/mol. The van der Waals surface area contributed by atoms with Crippen molar-refractivity contribution in [1.29, 1.82) is 0 Å². The Labute approximate surface area is 92.1 Å². The maximum absolute atomic E-state index is 4.04. The molecule has 4 N–H and O–H groups in total. The molecule has 1 saturated heterocycles. The maximum atomic E-state index is 4.04. The molecule has 1 aliphatic rings. The highest BCUT2D eigenvalue weighted by Gasteiger charge is 2.22. The Kier molecular flexibility index (Phi) is 3.75. The number of benzene rings is 1. The highest BCUT2D eigenvalue weighted by Crippen LogP contribution is 2.05. The van der Waals surface area contributed by atoms with Crippen LogP contribution in [0, 0.1) is 5.92 Å². The van der Waals surface area contributed by atoms with Gasteiger partial charge in [-0.1, -0.05) is 30.3 Å². The topological polar surface area (TPSA) is 32.1 Å². The number of rotatable bonds is 3. The highest BCUT2D eigenvalue weighted by atomic mass is 15.1. The van der Waals surface area contributed by atoms with Crippen molar-refractivity contribution in [3.05, 3.63) is 35.9 Å². The van der Waals surface area contributed by atoms with E-state index < -0.39 is 0 Å². The highest BCUT2D eigenvalue weighted by molar-refractivity contribution is 5.13. The molecule has 2 nitrogen and oxygen atoms in total. The Bertz CT molecular complexity index is 284. The van der Waals surface area contributed by atoms with E-state index in [0.717, 1.165) is 12.5 Å². The molecular formula is C13H22N2+2. The molecule has 2 rings (SSSR count). The van der Waals surface area contributed by atoms with E-state index in [1.54, 1.807) is 4.90 Å². The molecule has 0 bridgehead atoms. The van der Waals surface area contributed by atoms with Crippen LogP contribution in [0.25, 0.3) is 0 Å². The summed E-state index contributed by atoms with van der Waals surface area (Å²) < 4.78 is 0. The van der Waals surface area contributed by atoms with Gasteiger partial charge in [0.2, 0.25) is 0 Å². The van der Waals surface area contributed by atoms with E-state index in [2.05, 4.69) is 36.1 Å². The summed E-state index contributed by atoms with van der Waals surface area (Å²) in [5.74, 6) is 0.859. The third-order valence-electron chi connectivity index (χ3n) is 3.43. The molecular weight excluding hydrogens is 184 g/mol. The molecule has 1 heterocycles. The first-order valence-electron chi connectivity index (χ1n) is 6.05. The van der Waals surface area contributed by atoms with Crippen LogP contribution in [0.15, 0.2) is 30.3 Å². The minimum Gasteiger partial charge on any atom is -0.357 e. The Morgan fingerprint density at radius 3 is 2.80 bits per heavy atom. The van der Waals surface area contributed by atoms with E-state index in [-0.39, 0.29) is 0 Å². The lowest BCUT2D eigenvalue weighted by molar-refractivity contribution is -0.923. The zero-order chi connectivity index (χ0) is 10.5. The Morgan fingerprint density at radius 2 is 2.07 bits per heavy atom. The van der Waals surface area contributed by atoms with E-state index in [1.807, 2.05) is 0 Å². The van der Waals surface area contributed by atoms with Crippen LogP contribution in [0.2, 0.25) is 0 Å². The van der Waals surface area contributed by atoms with Gasteiger partial charge in [-0.2, -0.15) is 0 Å². The van der Waals surface area contributed by atoms with Crippen molar-refractivity contribution in [2.45, 2.75) is 19.4 Å². The molecule has 0 spiro atoms. The summed E-state index contributed by atoms with van der Waals surface area (Å²) in [6.45, 7) is 4.96. The first kappa shape index (κ1) is 10.7. The van der Waals surface area contributed by atoms with Gasteiger partial charge in [0.25, 0.3) is 0 Å². The second kappa shape index (κ2) is 5.29. The molecule has 1 fully saturated rings. The molecule has 2 atom stereocenters. The molecule has 82 valence electrons. The molecule has 1 aromatic rings. The Morgan fingerprint density at radius 1 is 1.27 bits per heavy atom. The van der Waals surface area contributed by atoms with Crippen LogP contribution in [0.1, 0.15) is 18.4 Å². The van der Waals surface area contributed by atoms with Gasteiger partial charge in [0.15, 0.2) is 0 Å². The lowest BCUT2D eigenvalue weighted by Crippen LogP contribution is -3.12. The van der Waals surface area contributed by atoms with E-state index >= 15 is 0 Å². The molecule has 0 amide bonds. The molecule has 0 aliphatic carbocycles. The predicted molar refractivity (Wildman–Crippen MR) is 61.3 cm³/mol. The van der Waals surface area contributed by atoms with Crippen LogP contribution in [0.3, 0.4) is 0 Å². The van der Waals surface area contributed by atoms with E-state index in [9.17, 15) is 0 Å². The van der Waals surface area contributed by atoms with Gasteiger partial charge in [-0.15, -0.1) is 0 Å². The third kappa shape index (κ3) is 3.05. The number of hydrogen-bond acceptors (Lipinski definition) is 0. The van der Waals surface area contributed by atoms with Crippen LogP contribution in [-0.2, 0) is 6.54 Å². The van der Waals surface area contributed by atoms with Gasteiger partial charge in [0, 0.05) is 5.56 Å². The van der Waals surface area contributed by atoms with E-state index in [1.165, 1.54) is 38.0 Å². The minimum atomic E-state index is 0.859. The van der Waals surface area contributed by atoms with Crippen molar-refractivity contribution in [1.82, 2.24) is 0 Å². The quantitative estimate of drug-likeness (QED) is 0.682. The molecule has 0 aromatic heterocycles. The fourth-order valence-electron chi connectivity index (χ4n) is 2.54. The van der Waals surface area contributed by atoms with Crippen molar-refractivity contribution in [3.63, 3.8) is 0 Å². The molecule has 1 unspecified atom stereocenters. The summed E-state index contributed by atoms with van der Waals surface area (Å²) in [6.07, 6.45) is 2.77. The minimum absolute atomic E-state index is 0.859. The van der Waals surface area contributed by atoms with Crippen LogP contribution < -0.4 is 10.6 Å². The SMILES string of the molecule is [NH3+]C[C@H]1CCC[NH+](Cc2ccccc2)C1. The zero-order valence-electron chi connectivity index (χ0n) is 9.41. The standard InChI is InChI=1S/C13H20N2/c14-9-13-7-4-8-15(11-13)10-12-5-2-1-3-6-12/h1-3,5-6,13H,4,7-11,14H2/p+2/t13-/m1/s1. The van der Waals surface area contributed by atoms with Crippen molar-refractivity contribution in [2.24, 2.45) is 5.92 Å². The molecule has 0 saturated carbocycles. The molecule has 0 radical (unpaired) electrons. The van der Waals surface area contributed by atoms with Gasteiger partial charge >= 0.3 is 0 Å². The van der Waals surface area contributed by atoms with Crippen molar-refractivity contribution in [2.75, 3.05) is 19.6 Å². The Hall–Kier alpha value is -0.860. The maximum Gasteiger partial charge on any atom is 0.103 e. The summed E-state index contributed by atoms with van der Waals surface area (Å²) >= 11 is 0. The summed E-state index contributed by atoms with van der Waals surface area (Å²) in [7, 11) is 0. The van der Waals surface area contributed by atoms with Crippen LogP contribution in [0.4, 0.5) is 0 Å². The lowest BCUT2D eigenvalue weighted by atomic mass is 9.98. The fraction of sp³-hybridized carbons (Fsp3) is 0.538. The molecule has 2 heteroatoms. The van der Waals surface area contributed by atoms with Gasteiger partial charge < -0.3 is 10.6 Å². The van der Waals surface area contributed by atoms with Crippen LogP contribution >= 0.6 is 0 Å². The normalized spacial score (nSPS) is 26.5. The largest absolute Gasteiger partial charge is 0.357 e. The fourth-order valence-corrected chi connectivity index (χ4v) is 2.54. The van der Waals surface area contributed by atoms with Gasteiger partial charge in [-0.25, -0.2) is 0 Å². The summed E-state index contributed by atoms with van der Waals surface area (Å²) in [4.78, 5) is 1.74. The van der Waals surface area contributed by atoms with Crippen LogP contribution in [0.5, 0.6) is 0 Å². The van der Waals surface area contributed by atoms with Gasteiger partial charge in [0.1, 0.15) is 6.54 Å². The van der Waals surface area contributed by atoms with Crippen molar-refractivity contribution in [3.8, 4) is 0 Å². The zero-order valence-corrected chi connectivity index (χ0v) is 9.41. The van der Waals surface area contributed by atoms with Gasteiger partial charge in [-0.3, -0.25) is 0 Å². The van der Waals surface area contributed by atoms with Crippen LogP contribution in [-0.4, -0.2) is 19.6 Å².